The van der Waals surface area contributed by atoms with Gasteiger partial charge in [0, 0.05) is 47.2 Å². The number of nitro groups is 1. The SMILES string of the molecule is CCOc1cc(NCCS(C)=O)cc([N+](=O)[O-])c1. The van der Waals surface area contributed by atoms with E-state index in [0.29, 0.717) is 30.3 Å². The van der Waals surface area contributed by atoms with Crippen LogP contribution in [0.3, 0.4) is 0 Å². The van der Waals surface area contributed by atoms with Crippen molar-refractivity contribution < 1.29 is 13.9 Å². The lowest BCUT2D eigenvalue weighted by Crippen LogP contribution is -2.10. The van der Waals surface area contributed by atoms with Crippen molar-refractivity contribution in [3.8, 4) is 5.75 Å². The Morgan fingerprint density at radius 2 is 2.17 bits per heavy atom. The number of nitro benzene ring substituents is 1. The number of ether oxygens (including phenoxy) is 1. The van der Waals surface area contributed by atoms with E-state index in [-0.39, 0.29) is 5.69 Å². The van der Waals surface area contributed by atoms with Gasteiger partial charge in [0.05, 0.1) is 17.6 Å². The van der Waals surface area contributed by atoms with Gasteiger partial charge in [0.2, 0.25) is 0 Å². The highest BCUT2D eigenvalue weighted by atomic mass is 32.2. The van der Waals surface area contributed by atoms with Gasteiger partial charge in [-0.25, -0.2) is 0 Å². The molecule has 0 spiro atoms. The van der Waals surface area contributed by atoms with Crippen LogP contribution in [0.25, 0.3) is 0 Å². The van der Waals surface area contributed by atoms with E-state index in [1.807, 2.05) is 6.92 Å². The molecule has 18 heavy (non-hydrogen) atoms. The van der Waals surface area contributed by atoms with Crippen LogP contribution in [0, 0.1) is 10.1 Å². The molecule has 0 heterocycles. The Morgan fingerprint density at radius 3 is 2.72 bits per heavy atom. The number of benzene rings is 1. The molecule has 1 unspecified atom stereocenters. The monoisotopic (exact) mass is 272 g/mol. The Bertz CT molecular complexity index is 451. The molecule has 0 saturated heterocycles. The first kappa shape index (κ1) is 14.4. The second kappa shape index (κ2) is 6.95. The van der Waals surface area contributed by atoms with Crippen molar-refractivity contribution in [3.63, 3.8) is 0 Å². The Hall–Kier alpha value is -1.63. The fourth-order valence-corrected chi connectivity index (χ4v) is 1.77. The molecule has 0 bridgehead atoms. The summed E-state index contributed by atoms with van der Waals surface area (Å²) in [5.41, 5.74) is 0.569. The van der Waals surface area contributed by atoms with Crippen molar-refractivity contribution >= 4 is 22.2 Å². The van der Waals surface area contributed by atoms with Gasteiger partial charge in [-0.3, -0.25) is 14.3 Å². The maximum absolute atomic E-state index is 10.9. The van der Waals surface area contributed by atoms with Gasteiger partial charge in [0.25, 0.3) is 5.69 Å². The van der Waals surface area contributed by atoms with Crippen LogP contribution in [0.15, 0.2) is 18.2 Å². The zero-order chi connectivity index (χ0) is 13.5. The number of hydrogen-bond donors (Lipinski definition) is 1. The van der Waals surface area contributed by atoms with E-state index in [9.17, 15) is 14.3 Å². The van der Waals surface area contributed by atoms with E-state index in [0.717, 1.165) is 0 Å². The highest BCUT2D eigenvalue weighted by molar-refractivity contribution is 7.84. The van der Waals surface area contributed by atoms with Crippen molar-refractivity contribution in [1.29, 1.82) is 0 Å². The van der Waals surface area contributed by atoms with Gasteiger partial charge in [-0.05, 0) is 6.92 Å². The van der Waals surface area contributed by atoms with E-state index in [1.165, 1.54) is 12.1 Å². The smallest absolute Gasteiger partial charge is 0.275 e. The Balaban J connectivity index is 2.82. The van der Waals surface area contributed by atoms with Gasteiger partial charge in [-0.1, -0.05) is 0 Å². The molecule has 7 heteroatoms. The second-order valence-corrected chi connectivity index (χ2v) is 5.16. The molecule has 0 aliphatic heterocycles. The Kier molecular flexibility index (Phi) is 5.57. The van der Waals surface area contributed by atoms with Crippen LogP contribution in [0.4, 0.5) is 11.4 Å². The molecular formula is C11H16N2O4S. The van der Waals surface area contributed by atoms with E-state index in [1.54, 1.807) is 12.3 Å². The topological polar surface area (TPSA) is 81.5 Å². The summed E-state index contributed by atoms with van der Waals surface area (Å²) in [6.45, 7) is 2.75. The average Bonchev–Trinajstić information content (AvgIpc) is 2.28. The summed E-state index contributed by atoms with van der Waals surface area (Å²) in [5.74, 6) is 0.943. The first-order valence-electron chi connectivity index (χ1n) is 5.49. The molecule has 6 nitrogen and oxygen atoms in total. The molecule has 0 radical (unpaired) electrons. The normalized spacial score (nSPS) is 11.9. The van der Waals surface area contributed by atoms with Gasteiger partial charge in [-0.2, -0.15) is 0 Å². The third-order valence-corrected chi connectivity index (χ3v) is 2.91. The van der Waals surface area contributed by atoms with Crippen molar-refractivity contribution in [2.75, 3.05) is 30.5 Å². The first-order valence-corrected chi connectivity index (χ1v) is 7.22. The number of rotatable bonds is 7. The highest BCUT2D eigenvalue weighted by Gasteiger charge is 2.10. The maximum atomic E-state index is 10.9. The first-order chi connectivity index (χ1) is 8.52. The minimum atomic E-state index is -0.890. The third-order valence-electron chi connectivity index (χ3n) is 2.13. The lowest BCUT2D eigenvalue weighted by molar-refractivity contribution is -0.384. The van der Waals surface area contributed by atoms with E-state index in [4.69, 9.17) is 4.74 Å². The molecule has 100 valence electrons. The van der Waals surface area contributed by atoms with Crippen LogP contribution in [-0.2, 0) is 10.8 Å². The molecule has 0 fully saturated rings. The lowest BCUT2D eigenvalue weighted by Gasteiger charge is -2.08. The van der Waals surface area contributed by atoms with E-state index in [2.05, 4.69) is 5.32 Å². The predicted octanol–water partition coefficient (Wildman–Crippen LogP) is 1.78. The molecule has 1 aromatic carbocycles. The van der Waals surface area contributed by atoms with Crippen LogP contribution in [0.1, 0.15) is 6.92 Å². The van der Waals surface area contributed by atoms with E-state index >= 15 is 0 Å². The quantitative estimate of drug-likeness (QED) is 0.604. The molecule has 0 aliphatic carbocycles. The average molecular weight is 272 g/mol. The van der Waals surface area contributed by atoms with Crippen molar-refractivity contribution in [2.24, 2.45) is 0 Å². The van der Waals surface area contributed by atoms with Crippen LogP contribution >= 0.6 is 0 Å². The molecule has 1 rings (SSSR count). The summed E-state index contributed by atoms with van der Waals surface area (Å²) in [6.07, 6.45) is 1.61. The standard InChI is InChI=1S/C11H16N2O4S/c1-3-17-11-7-9(12-4-5-18(2)16)6-10(8-11)13(14)15/h6-8,12H,3-5H2,1-2H3. The zero-order valence-electron chi connectivity index (χ0n) is 10.3. The Morgan fingerprint density at radius 1 is 1.44 bits per heavy atom. The molecule has 0 aromatic heterocycles. The third kappa shape index (κ3) is 4.70. The summed E-state index contributed by atoms with van der Waals surface area (Å²) in [7, 11) is -0.890. The molecular weight excluding hydrogens is 256 g/mol. The van der Waals surface area contributed by atoms with Crippen molar-refractivity contribution in [1.82, 2.24) is 0 Å². The predicted molar refractivity (Wildman–Crippen MR) is 71.7 cm³/mol. The minimum Gasteiger partial charge on any atom is -0.494 e. The minimum absolute atomic E-state index is 0.0268. The fourth-order valence-electron chi connectivity index (χ4n) is 1.38. The summed E-state index contributed by atoms with van der Waals surface area (Å²) in [5, 5.41) is 13.8. The summed E-state index contributed by atoms with van der Waals surface area (Å²) >= 11 is 0. The van der Waals surface area contributed by atoms with Crippen LogP contribution in [0.2, 0.25) is 0 Å². The largest absolute Gasteiger partial charge is 0.494 e. The number of nitrogens with zero attached hydrogens (tertiary/aromatic N) is 1. The number of nitrogens with one attached hydrogen (secondary N) is 1. The van der Waals surface area contributed by atoms with Gasteiger partial charge in [0.15, 0.2) is 0 Å². The molecule has 0 saturated carbocycles. The van der Waals surface area contributed by atoms with Crippen LogP contribution in [-0.4, -0.2) is 34.3 Å². The summed E-state index contributed by atoms with van der Waals surface area (Å²) in [6, 6.07) is 4.50. The molecule has 1 atom stereocenters. The van der Waals surface area contributed by atoms with Crippen molar-refractivity contribution in [2.45, 2.75) is 6.92 Å². The molecule has 1 N–H and O–H groups in total. The summed E-state index contributed by atoms with van der Waals surface area (Å²) < 4.78 is 16.2. The molecule has 0 aliphatic rings. The van der Waals surface area contributed by atoms with Crippen LogP contribution in [0.5, 0.6) is 5.75 Å². The van der Waals surface area contributed by atoms with E-state index < -0.39 is 15.7 Å². The number of anilines is 1. The van der Waals surface area contributed by atoms with Crippen molar-refractivity contribution in [3.05, 3.63) is 28.3 Å². The second-order valence-electron chi connectivity index (χ2n) is 3.61. The molecule has 0 amide bonds. The molecule has 1 aromatic rings. The van der Waals surface area contributed by atoms with Crippen LogP contribution < -0.4 is 10.1 Å². The highest BCUT2D eigenvalue weighted by Crippen LogP contribution is 2.25. The van der Waals surface area contributed by atoms with Gasteiger partial charge < -0.3 is 10.1 Å². The maximum Gasteiger partial charge on any atom is 0.275 e. The number of non-ortho nitro benzene ring substituents is 1. The van der Waals surface area contributed by atoms with Gasteiger partial charge >= 0.3 is 0 Å². The fraction of sp³-hybridized carbons (Fsp3) is 0.455. The lowest BCUT2D eigenvalue weighted by atomic mass is 10.2. The van der Waals surface area contributed by atoms with Gasteiger partial charge in [0.1, 0.15) is 5.75 Å². The zero-order valence-corrected chi connectivity index (χ0v) is 11.2. The summed E-state index contributed by atoms with van der Waals surface area (Å²) in [4.78, 5) is 10.3. The Labute approximate surface area is 108 Å². The van der Waals surface area contributed by atoms with Gasteiger partial charge in [-0.15, -0.1) is 0 Å². The number of hydrogen-bond acceptors (Lipinski definition) is 5.